The second-order valence-corrected chi connectivity index (χ2v) is 9.96. The molecule has 1 aromatic heterocycles. The topological polar surface area (TPSA) is 113 Å². The van der Waals surface area contributed by atoms with Gasteiger partial charge in [0.2, 0.25) is 15.9 Å². The van der Waals surface area contributed by atoms with E-state index in [9.17, 15) is 22.4 Å². The third kappa shape index (κ3) is 4.83. The minimum absolute atomic E-state index is 0.0592. The van der Waals surface area contributed by atoms with Crippen molar-refractivity contribution in [2.75, 3.05) is 26.2 Å². The Morgan fingerprint density at radius 2 is 1.69 bits per heavy atom. The second kappa shape index (κ2) is 9.37. The highest BCUT2D eigenvalue weighted by Gasteiger charge is 2.36. The van der Waals surface area contributed by atoms with Crippen molar-refractivity contribution in [3.63, 3.8) is 0 Å². The highest BCUT2D eigenvalue weighted by atomic mass is 32.2. The molecule has 0 spiro atoms. The number of hydrogen-bond donors (Lipinski definition) is 1. The van der Waals surface area contributed by atoms with Gasteiger partial charge in [0, 0.05) is 31.7 Å². The van der Waals surface area contributed by atoms with Gasteiger partial charge in [0.25, 0.3) is 5.91 Å². The monoisotopic (exact) mass is 466 g/mol. The molecule has 0 bridgehead atoms. The average molecular weight is 467 g/mol. The molecular formula is C21H27FN4O5S. The third-order valence-corrected chi connectivity index (χ3v) is 7.59. The van der Waals surface area contributed by atoms with E-state index in [1.54, 1.807) is 18.7 Å². The SMILES string of the molecule is Cc1noc(C)c1S(=O)(=O)N1CCN(C(=O)[C@@H](NC(=O)c2ccc(F)cc2)C(C)C)CC1. The number of rotatable bonds is 6. The van der Waals surface area contributed by atoms with Crippen molar-refractivity contribution in [2.24, 2.45) is 5.92 Å². The molecular weight excluding hydrogens is 439 g/mol. The van der Waals surface area contributed by atoms with Crippen molar-refractivity contribution < 1.29 is 26.9 Å². The summed E-state index contributed by atoms with van der Waals surface area (Å²) in [6.07, 6.45) is 0. The number of carbonyl (C=O) groups excluding carboxylic acids is 2. The Balaban J connectivity index is 1.67. The Morgan fingerprint density at radius 3 is 2.19 bits per heavy atom. The number of carbonyl (C=O) groups is 2. The van der Waals surface area contributed by atoms with E-state index in [0.717, 1.165) is 0 Å². The summed E-state index contributed by atoms with van der Waals surface area (Å²) in [5.41, 5.74) is 0.546. The van der Waals surface area contributed by atoms with Crippen LogP contribution in [0.15, 0.2) is 33.7 Å². The van der Waals surface area contributed by atoms with Crippen molar-refractivity contribution in [3.05, 3.63) is 47.1 Å². The van der Waals surface area contributed by atoms with Crippen molar-refractivity contribution in [1.29, 1.82) is 0 Å². The molecule has 174 valence electrons. The minimum atomic E-state index is -3.79. The summed E-state index contributed by atoms with van der Waals surface area (Å²) < 4.78 is 45.4. The Bertz CT molecular complexity index is 1070. The summed E-state index contributed by atoms with van der Waals surface area (Å²) in [6, 6.07) is 4.27. The van der Waals surface area contributed by atoms with Gasteiger partial charge >= 0.3 is 0 Å². The molecule has 1 atom stereocenters. The van der Waals surface area contributed by atoms with Gasteiger partial charge in [-0.15, -0.1) is 0 Å². The molecule has 1 N–H and O–H groups in total. The van der Waals surface area contributed by atoms with E-state index in [-0.39, 0.29) is 54.2 Å². The highest BCUT2D eigenvalue weighted by molar-refractivity contribution is 7.89. The molecule has 2 amide bonds. The van der Waals surface area contributed by atoms with Gasteiger partial charge in [-0.2, -0.15) is 4.31 Å². The molecule has 0 radical (unpaired) electrons. The zero-order valence-electron chi connectivity index (χ0n) is 18.5. The number of nitrogens with one attached hydrogen (secondary N) is 1. The fourth-order valence-electron chi connectivity index (χ4n) is 3.66. The van der Waals surface area contributed by atoms with Crippen molar-refractivity contribution in [3.8, 4) is 0 Å². The van der Waals surface area contributed by atoms with Gasteiger partial charge in [-0.25, -0.2) is 12.8 Å². The molecule has 0 saturated carbocycles. The summed E-state index contributed by atoms with van der Waals surface area (Å²) in [4.78, 5) is 27.3. The van der Waals surface area contributed by atoms with Crippen LogP contribution in [0.2, 0.25) is 0 Å². The van der Waals surface area contributed by atoms with Crippen LogP contribution in [-0.2, 0) is 14.8 Å². The summed E-state index contributed by atoms with van der Waals surface area (Å²) >= 11 is 0. The third-order valence-electron chi connectivity index (χ3n) is 5.44. The smallest absolute Gasteiger partial charge is 0.251 e. The van der Waals surface area contributed by atoms with Gasteiger partial charge in [0.15, 0.2) is 5.76 Å². The Morgan fingerprint density at radius 1 is 1.09 bits per heavy atom. The first kappa shape index (κ1) is 23.9. The zero-order valence-corrected chi connectivity index (χ0v) is 19.3. The molecule has 1 aromatic carbocycles. The highest BCUT2D eigenvalue weighted by Crippen LogP contribution is 2.24. The summed E-state index contributed by atoms with van der Waals surface area (Å²) in [5.74, 6) is -1.19. The number of nitrogens with zero attached hydrogens (tertiary/aromatic N) is 3. The quantitative estimate of drug-likeness (QED) is 0.694. The lowest BCUT2D eigenvalue weighted by atomic mass is 10.0. The largest absolute Gasteiger partial charge is 0.360 e. The van der Waals surface area contributed by atoms with Gasteiger partial charge in [-0.1, -0.05) is 19.0 Å². The summed E-state index contributed by atoms with van der Waals surface area (Å²) in [5, 5.41) is 6.44. The predicted octanol–water partition coefficient (Wildman–Crippen LogP) is 1.72. The molecule has 11 heteroatoms. The molecule has 3 rings (SSSR count). The molecule has 0 unspecified atom stereocenters. The molecule has 32 heavy (non-hydrogen) atoms. The molecule has 1 saturated heterocycles. The van der Waals surface area contributed by atoms with Gasteiger partial charge in [0.1, 0.15) is 22.4 Å². The van der Waals surface area contributed by atoms with Crippen molar-refractivity contribution >= 4 is 21.8 Å². The fourth-order valence-corrected chi connectivity index (χ4v) is 5.37. The van der Waals surface area contributed by atoms with E-state index >= 15 is 0 Å². The molecule has 9 nitrogen and oxygen atoms in total. The van der Waals surface area contributed by atoms with Gasteiger partial charge in [0.05, 0.1) is 0 Å². The van der Waals surface area contributed by atoms with Crippen molar-refractivity contribution in [1.82, 2.24) is 19.7 Å². The summed E-state index contributed by atoms with van der Waals surface area (Å²) in [6.45, 7) is 7.36. The molecule has 1 aliphatic heterocycles. The normalized spacial score (nSPS) is 16.2. The first-order valence-corrected chi connectivity index (χ1v) is 11.7. The Labute approximate surface area is 186 Å². The van der Waals surface area contributed by atoms with E-state index in [2.05, 4.69) is 10.5 Å². The molecule has 1 fully saturated rings. The first-order valence-electron chi connectivity index (χ1n) is 10.3. The lowest BCUT2D eigenvalue weighted by Crippen LogP contribution is -2.57. The number of piperazine rings is 1. The standard InChI is InChI=1S/C21H27FN4O5S/c1-13(2)18(23-20(27)16-5-7-17(22)8-6-16)21(28)25-9-11-26(12-10-25)32(29,30)19-14(3)24-31-15(19)4/h5-8,13,18H,9-12H2,1-4H3,(H,23,27)/t18-/m0/s1. The summed E-state index contributed by atoms with van der Waals surface area (Å²) in [7, 11) is -3.79. The van der Waals surface area contributed by atoms with E-state index < -0.39 is 27.8 Å². The van der Waals surface area contributed by atoms with Crippen LogP contribution in [0.3, 0.4) is 0 Å². The zero-order chi connectivity index (χ0) is 23.6. The van der Waals surface area contributed by atoms with Crippen LogP contribution in [-0.4, -0.2) is 66.8 Å². The van der Waals surface area contributed by atoms with E-state index in [1.807, 2.05) is 13.8 Å². The number of aryl methyl sites for hydroxylation is 2. The lowest BCUT2D eigenvalue weighted by molar-refractivity contribution is -0.135. The van der Waals surface area contributed by atoms with Crippen LogP contribution in [0, 0.1) is 25.6 Å². The number of halogens is 1. The van der Waals surface area contributed by atoms with E-state index in [1.165, 1.54) is 28.6 Å². The van der Waals surface area contributed by atoms with Crippen molar-refractivity contribution in [2.45, 2.75) is 38.6 Å². The lowest BCUT2D eigenvalue weighted by Gasteiger charge is -2.36. The van der Waals surface area contributed by atoms with Gasteiger partial charge in [-0.05, 0) is 44.0 Å². The molecule has 2 heterocycles. The first-order chi connectivity index (χ1) is 15.0. The van der Waals surface area contributed by atoms with Crippen LogP contribution in [0.5, 0.6) is 0 Å². The number of amides is 2. The van der Waals surface area contributed by atoms with E-state index in [4.69, 9.17) is 4.52 Å². The van der Waals surface area contributed by atoms with Crippen LogP contribution in [0.4, 0.5) is 4.39 Å². The van der Waals surface area contributed by atoms with Gasteiger partial charge < -0.3 is 14.7 Å². The number of sulfonamides is 1. The van der Waals surface area contributed by atoms with E-state index in [0.29, 0.717) is 5.69 Å². The fraction of sp³-hybridized carbons (Fsp3) is 0.476. The van der Waals surface area contributed by atoms with Crippen LogP contribution in [0.25, 0.3) is 0 Å². The van der Waals surface area contributed by atoms with Crippen LogP contribution >= 0.6 is 0 Å². The van der Waals surface area contributed by atoms with Gasteiger partial charge in [-0.3, -0.25) is 9.59 Å². The minimum Gasteiger partial charge on any atom is -0.360 e. The maximum atomic E-state index is 13.1. The predicted molar refractivity (Wildman–Crippen MR) is 114 cm³/mol. The molecule has 0 aliphatic carbocycles. The number of aromatic nitrogens is 1. The maximum absolute atomic E-state index is 13.1. The Hall–Kier alpha value is -2.79. The number of benzene rings is 1. The second-order valence-electron chi connectivity index (χ2n) is 8.08. The number of hydrogen-bond acceptors (Lipinski definition) is 6. The van der Waals surface area contributed by atoms with Crippen LogP contribution in [0.1, 0.15) is 35.7 Å². The average Bonchev–Trinajstić information content (AvgIpc) is 3.10. The van der Waals surface area contributed by atoms with Crippen LogP contribution < -0.4 is 5.32 Å². The maximum Gasteiger partial charge on any atom is 0.251 e. The molecule has 1 aliphatic rings. The molecule has 2 aromatic rings. The Kier molecular flexibility index (Phi) is 6.99.